The van der Waals surface area contributed by atoms with Gasteiger partial charge in [0.1, 0.15) is 6.10 Å². The van der Waals surface area contributed by atoms with Crippen LogP contribution in [0.5, 0.6) is 0 Å². The molecule has 13 heavy (non-hydrogen) atoms. The van der Waals surface area contributed by atoms with Gasteiger partial charge in [0.15, 0.2) is 0 Å². The van der Waals surface area contributed by atoms with Crippen LogP contribution in [0.1, 0.15) is 30.1 Å². The number of fused-ring (bicyclic) bond motifs is 1. The van der Waals surface area contributed by atoms with Gasteiger partial charge in [0.2, 0.25) is 0 Å². The molecule has 0 spiro atoms. The fourth-order valence-corrected chi connectivity index (χ4v) is 1.97. The van der Waals surface area contributed by atoms with E-state index in [1.54, 1.807) is 6.26 Å². The Kier molecular flexibility index (Phi) is 2.35. The van der Waals surface area contributed by atoms with Crippen LogP contribution >= 0.6 is 0 Å². The van der Waals surface area contributed by atoms with Gasteiger partial charge in [-0.05, 0) is 30.4 Å². The molecule has 0 aliphatic heterocycles. The number of hydrogen-bond acceptors (Lipinski definition) is 1. The summed E-state index contributed by atoms with van der Waals surface area (Å²) in [7, 11) is 0. The van der Waals surface area contributed by atoms with Crippen molar-refractivity contribution in [3.63, 3.8) is 0 Å². The first-order valence-electron chi connectivity index (χ1n) is 4.76. The summed E-state index contributed by atoms with van der Waals surface area (Å²) >= 11 is 0. The molecule has 1 unspecified atom stereocenters. The van der Waals surface area contributed by atoms with Crippen molar-refractivity contribution in [2.45, 2.75) is 25.4 Å². The monoisotopic (exact) mass is 174 g/mol. The Hall–Kier alpha value is -1.24. The van der Waals surface area contributed by atoms with Gasteiger partial charge in [-0.25, -0.2) is 0 Å². The third-order valence-electron chi connectivity index (χ3n) is 2.57. The third-order valence-corrected chi connectivity index (χ3v) is 2.57. The molecule has 1 heteroatoms. The Morgan fingerprint density at radius 2 is 2.23 bits per heavy atom. The Bertz CT molecular complexity index is 304. The molecule has 0 bridgehead atoms. The molecule has 0 N–H and O–H groups in total. The van der Waals surface area contributed by atoms with E-state index in [4.69, 9.17) is 4.74 Å². The van der Waals surface area contributed by atoms with Crippen molar-refractivity contribution in [3.8, 4) is 0 Å². The minimum atomic E-state index is 0.238. The summed E-state index contributed by atoms with van der Waals surface area (Å²) in [4.78, 5) is 0. The molecule has 0 amide bonds. The van der Waals surface area contributed by atoms with E-state index in [9.17, 15) is 0 Å². The highest BCUT2D eigenvalue weighted by Crippen LogP contribution is 2.32. The van der Waals surface area contributed by atoms with Crippen molar-refractivity contribution >= 4 is 0 Å². The predicted octanol–water partition coefficient (Wildman–Crippen LogP) is 3.22. The molecule has 0 heterocycles. The number of hydrogen-bond donors (Lipinski definition) is 0. The van der Waals surface area contributed by atoms with Crippen molar-refractivity contribution in [3.05, 3.63) is 48.2 Å². The molecule has 0 radical (unpaired) electrons. The standard InChI is InChI=1S/C12H14O/c1-2-13-12-9-5-7-10-6-3-4-8-11(10)12/h2-4,6,8,12H,1,5,7,9H2. The van der Waals surface area contributed by atoms with Crippen LogP contribution in [0.4, 0.5) is 0 Å². The van der Waals surface area contributed by atoms with Gasteiger partial charge in [-0.15, -0.1) is 0 Å². The van der Waals surface area contributed by atoms with Gasteiger partial charge in [0, 0.05) is 0 Å². The van der Waals surface area contributed by atoms with Crippen molar-refractivity contribution in [1.82, 2.24) is 0 Å². The molecule has 0 aromatic heterocycles. The highest BCUT2D eigenvalue weighted by atomic mass is 16.5. The number of benzene rings is 1. The predicted molar refractivity (Wildman–Crippen MR) is 53.4 cm³/mol. The van der Waals surface area contributed by atoms with Crippen LogP contribution in [-0.4, -0.2) is 0 Å². The molecule has 1 aliphatic carbocycles. The van der Waals surface area contributed by atoms with Crippen LogP contribution in [0.3, 0.4) is 0 Å². The Morgan fingerprint density at radius 3 is 3.08 bits per heavy atom. The quantitative estimate of drug-likeness (QED) is 0.625. The second kappa shape index (κ2) is 3.65. The molecule has 2 rings (SSSR count). The molecule has 1 aromatic carbocycles. The van der Waals surface area contributed by atoms with Crippen LogP contribution in [0.15, 0.2) is 37.1 Å². The van der Waals surface area contributed by atoms with E-state index >= 15 is 0 Å². The lowest BCUT2D eigenvalue weighted by molar-refractivity contribution is 0.129. The zero-order valence-corrected chi connectivity index (χ0v) is 7.70. The highest BCUT2D eigenvalue weighted by molar-refractivity contribution is 5.31. The second-order valence-electron chi connectivity index (χ2n) is 3.38. The molecular formula is C12H14O. The molecule has 68 valence electrons. The number of aryl methyl sites for hydroxylation is 1. The van der Waals surface area contributed by atoms with Crippen LogP contribution < -0.4 is 0 Å². The lowest BCUT2D eigenvalue weighted by Crippen LogP contribution is -2.10. The average molecular weight is 174 g/mol. The SMILES string of the molecule is C=COC1CCCc2ccccc21. The second-order valence-corrected chi connectivity index (χ2v) is 3.38. The van der Waals surface area contributed by atoms with Crippen LogP contribution in [0.2, 0.25) is 0 Å². The summed E-state index contributed by atoms with van der Waals surface area (Å²) < 4.78 is 5.47. The summed E-state index contributed by atoms with van der Waals surface area (Å²) in [5.41, 5.74) is 2.77. The van der Waals surface area contributed by atoms with Gasteiger partial charge in [-0.3, -0.25) is 0 Å². The number of ether oxygens (including phenoxy) is 1. The van der Waals surface area contributed by atoms with Crippen molar-refractivity contribution in [2.75, 3.05) is 0 Å². The number of rotatable bonds is 2. The minimum absolute atomic E-state index is 0.238. The van der Waals surface area contributed by atoms with E-state index in [1.165, 1.54) is 24.0 Å². The van der Waals surface area contributed by atoms with Crippen LogP contribution in [-0.2, 0) is 11.2 Å². The summed E-state index contributed by atoms with van der Waals surface area (Å²) in [6, 6.07) is 8.51. The van der Waals surface area contributed by atoms with Crippen molar-refractivity contribution in [1.29, 1.82) is 0 Å². The highest BCUT2D eigenvalue weighted by Gasteiger charge is 2.19. The molecule has 1 nitrogen and oxygen atoms in total. The van der Waals surface area contributed by atoms with Gasteiger partial charge in [-0.1, -0.05) is 30.8 Å². The maximum absolute atomic E-state index is 5.47. The molecule has 0 fully saturated rings. The maximum Gasteiger partial charge on any atom is 0.123 e. The molecule has 1 atom stereocenters. The molecule has 0 saturated heterocycles. The first kappa shape index (κ1) is 8.36. The van der Waals surface area contributed by atoms with E-state index < -0.39 is 0 Å². The van der Waals surface area contributed by atoms with E-state index in [0.717, 1.165) is 6.42 Å². The first-order valence-corrected chi connectivity index (χ1v) is 4.76. The van der Waals surface area contributed by atoms with E-state index in [-0.39, 0.29) is 6.10 Å². The fourth-order valence-electron chi connectivity index (χ4n) is 1.97. The summed E-state index contributed by atoms with van der Waals surface area (Å²) in [5, 5.41) is 0. The lowest BCUT2D eigenvalue weighted by Gasteiger charge is -2.24. The summed E-state index contributed by atoms with van der Waals surface area (Å²) in [5.74, 6) is 0. The van der Waals surface area contributed by atoms with E-state index in [1.807, 2.05) is 0 Å². The summed E-state index contributed by atoms with van der Waals surface area (Å²) in [6.07, 6.45) is 5.31. The summed E-state index contributed by atoms with van der Waals surface area (Å²) in [6.45, 7) is 3.61. The lowest BCUT2D eigenvalue weighted by atomic mass is 9.89. The van der Waals surface area contributed by atoms with Gasteiger partial charge in [0.05, 0.1) is 6.26 Å². The Balaban J connectivity index is 2.31. The smallest absolute Gasteiger partial charge is 0.123 e. The molecule has 1 aliphatic rings. The maximum atomic E-state index is 5.47. The molecule has 1 aromatic rings. The van der Waals surface area contributed by atoms with Crippen LogP contribution in [0, 0.1) is 0 Å². The minimum Gasteiger partial charge on any atom is -0.494 e. The fraction of sp³-hybridized carbons (Fsp3) is 0.333. The average Bonchev–Trinajstić information content (AvgIpc) is 2.19. The van der Waals surface area contributed by atoms with E-state index in [0.29, 0.717) is 0 Å². The Morgan fingerprint density at radius 1 is 1.38 bits per heavy atom. The van der Waals surface area contributed by atoms with Crippen LogP contribution in [0.25, 0.3) is 0 Å². The van der Waals surface area contributed by atoms with Gasteiger partial charge in [-0.2, -0.15) is 0 Å². The van der Waals surface area contributed by atoms with Gasteiger partial charge in [0.25, 0.3) is 0 Å². The normalized spacial score (nSPS) is 20.5. The van der Waals surface area contributed by atoms with Crippen molar-refractivity contribution < 1.29 is 4.74 Å². The molecular weight excluding hydrogens is 160 g/mol. The van der Waals surface area contributed by atoms with Gasteiger partial charge >= 0.3 is 0 Å². The van der Waals surface area contributed by atoms with Gasteiger partial charge < -0.3 is 4.74 Å². The topological polar surface area (TPSA) is 9.23 Å². The zero-order chi connectivity index (χ0) is 9.10. The zero-order valence-electron chi connectivity index (χ0n) is 7.70. The Labute approximate surface area is 79.0 Å². The van der Waals surface area contributed by atoms with Crippen molar-refractivity contribution in [2.24, 2.45) is 0 Å². The molecule has 0 saturated carbocycles. The largest absolute Gasteiger partial charge is 0.494 e. The first-order chi connectivity index (χ1) is 6.42. The third kappa shape index (κ3) is 1.59. The van der Waals surface area contributed by atoms with E-state index in [2.05, 4.69) is 30.8 Å².